The second-order valence-corrected chi connectivity index (χ2v) is 7.98. The number of nitrogens with zero attached hydrogens (tertiary/aromatic N) is 3. The van der Waals surface area contributed by atoms with E-state index in [4.69, 9.17) is 14.5 Å². The van der Waals surface area contributed by atoms with Crippen LogP contribution in [0.2, 0.25) is 0 Å². The first kappa shape index (κ1) is 20.9. The first-order valence-corrected chi connectivity index (χ1v) is 11.1. The molecule has 1 aromatic heterocycles. The molecule has 0 aliphatic carbocycles. The van der Waals surface area contributed by atoms with E-state index in [-0.39, 0.29) is 12.5 Å². The number of aromatic nitrogens is 2. The molecule has 33 heavy (non-hydrogen) atoms. The highest BCUT2D eigenvalue weighted by atomic mass is 16.5. The number of para-hydroxylation sites is 3. The minimum atomic E-state index is -0.244. The summed E-state index contributed by atoms with van der Waals surface area (Å²) in [5.41, 5.74) is 3.83. The van der Waals surface area contributed by atoms with Gasteiger partial charge in [0.2, 0.25) is 0 Å². The highest BCUT2D eigenvalue weighted by molar-refractivity contribution is 5.94. The Morgan fingerprint density at radius 3 is 2.70 bits per heavy atom. The molecule has 0 unspecified atom stereocenters. The zero-order valence-electron chi connectivity index (χ0n) is 18.5. The normalized spacial score (nSPS) is 13.3. The number of hydrogen-bond donors (Lipinski definition) is 1. The number of ether oxygens (including phenoxy) is 2. The monoisotopic (exact) mass is 442 g/mol. The molecule has 1 aliphatic heterocycles. The van der Waals surface area contributed by atoms with Gasteiger partial charge in [0.25, 0.3) is 5.91 Å². The third-order valence-electron chi connectivity index (χ3n) is 5.81. The van der Waals surface area contributed by atoms with E-state index in [0.717, 1.165) is 36.5 Å². The van der Waals surface area contributed by atoms with Crippen LogP contribution < -0.4 is 19.7 Å². The van der Waals surface area contributed by atoms with Gasteiger partial charge in [-0.1, -0.05) is 30.3 Å². The number of anilines is 2. The standard InChI is InChI=1S/C26H26N4O3/c1-32-24-13-12-19(16-22(24)28-26(31)18-33-20-8-3-2-4-9-20)29-14-7-15-30-23-11-6-5-10-21(23)27-25(30)17-29/h2-6,8-13,16H,7,14-15,17-18H2,1H3,(H,28,31). The van der Waals surface area contributed by atoms with Crippen LogP contribution in [0.4, 0.5) is 11.4 Å². The molecule has 0 bridgehead atoms. The Labute approximate surface area is 192 Å². The maximum Gasteiger partial charge on any atom is 0.262 e. The Morgan fingerprint density at radius 2 is 1.85 bits per heavy atom. The summed E-state index contributed by atoms with van der Waals surface area (Å²) in [6.07, 6.45) is 1.01. The summed E-state index contributed by atoms with van der Waals surface area (Å²) in [5.74, 6) is 2.06. The summed E-state index contributed by atoms with van der Waals surface area (Å²) >= 11 is 0. The summed E-state index contributed by atoms with van der Waals surface area (Å²) in [4.78, 5) is 19.7. The maximum absolute atomic E-state index is 12.5. The molecular weight excluding hydrogens is 416 g/mol. The zero-order chi connectivity index (χ0) is 22.6. The second-order valence-electron chi connectivity index (χ2n) is 7.98. The van der Waals surface area contributed by atoms with Crippen molar-refractivity contribution in [1.29, 1.82) is 0 Å². The Hall–Kier alpha value is -4.00. The van der Waals surface area contributed by atoms with Crippen LogP contribution in [0.1, 0.15) is 12.2 Å². The van der Waals surface area contributed by atoms with Gasteiger partial charge in [0.05, 0.1) is 30.4 Å². The molecule has 0 spiro atoms. The van der Waals surface area contributed by atoms with Gasteiger partial charge >= 0.3 is 0 Å². The predicted octanol–water partition coefficient (Wildman–Crippen LogP) is 4.47. The molecule has 1 aliphatic rings. The van der Waals surface area contributed by atoms with Crippen molar-refractivity contribution in [2.24, 2.45) is 0 Å². The first-order valence-electron chi connectivity index (χ1n) is 11.1. The Bertz CT molecular complexity index is 1270. The average Bonchev–Trinajstić information content (AvgIpc) is 3.06. The van der Waals surface area contributed by atoms with Crippen LogP contribution in [-0.2, 0) is 17.9 Å². The van der Waals surface area contributed by atoms with Crippen molar-refractivity contribution in [3.8, 4) is 11.5 Å². The molecule has 0 atom stereocenters. The topological polar surface area (TPSA) is 68.6 Å². The fourth-order valence-electron chi connectivity index (χ4n) is 4.23. The lowest BCUT2D eigenvalue weighted by molar-refractivity contribution is -0.118. The smallest absolute Gasteiger partial charge is 0.262 e. The van der Waals surface area contributed by atoms with Crippen molar-refractivity contribution in [1.82, 2.24) is 9.55 Å². The van der Waals surface area contributed by atoms with E-state index in [1.807, 2.05) is 54.6 Å². The first-order chi connectivity index (χ1) is 16.2. The van der Waals surface area contributed by atoms with E-state index in [0.29, 0.717) is 23.7 Å². The number of carbonyl (C=O) groups excluding carboxylic acids is 1. The number of benzene rings is 3. The lowest BCUT2D eigenvalue weighted by Crippen LogP contribution is -2.24. The van der Waals surface area contributed by atoms with Gasteiger partial charge in [-0.05, 0) is 48.9 Å². The van der Waals surface area contributed by atoms with Gasteiger partial charge in [-0.25, -0.2) is 4.98 Å². The summed E-state index contributed by atoms with van der Waals surface area (Å²) in [5, 5.41) is 2.93. The van der Waals surface area contributed by atoms with Crippen molar-refractivity contribution < 1.29 is 14.3 Å². The van der Waals surface area contributed by atoms with E-state index in [1.54, 1.807) is 7.11 Å². The van der Waals surface area contributed by atoms with Gasteiger partial charge in [-0.3, -0.25) is 4.79 Å². The van der Waals surface area contributed by atoms with E-state index in [1.165, 1.54) is 5.52 Å². The summed E-state index contributed by atoms with van der Waals surface area (Å²) in [6.45, 7) is 2.45. The third-order valence-corrected chi connectivity index (χ3v) is 5.81. The Kier molecular flexibility index (Phi) is 5.85. The fraction of sp³-hybridized carbons (Fsp3) is 0.231. The number of fused-ring (bicyclic) bond motifs is 3. The predicted molar refractivity (Wildman–Crippen MR) is 129 cm³/mol. The van der Waals surface area contributed by atoms with Crippen molar-refractivity contribution in [3.63, 3.8) is 0 Å². The molecule has 4 aromatic rings. The number of aryl methyl sites for hydroxylation is 1. The molecule has 7 nitrogen and oxygen atoms in total. The minimum Gasteiger partial charge on any atom is -0.495 e. The largest absolute Gasteiger partial charge is 0.495 e. The number of rotatable bonds is 6. The van der Waals surface area contributed by atoms with E-state index >= 15 is 0 Å². The van der Waals surface area contributed by atoms with Crippen LogP contribution in [0.3, 0.4) is 0 Å². The van der Waals surface area contributed by atoms with Gasteiger partial charge in [0.1, 0.15) is 17.3 Å². The highest BCUT2D eigenvalue weighted by Gasteiger charge is 2.20. The number of imidazole rings is 1. The zero-order valence-corrected chi connectivity index (χ0v) is 18.5. The number of carbonyl (C=O) groups is 1. The quantitative estimate of drug-likeness (QED) is 0.477. The Balaban J connectivity index is 1.34. The summed E-state index contributed by atoms with van der Waals surface area (Å²) in [6, 6.07) is 23.4. The number of hydrogen-bond acceptors (Lipinski definition) is 5. The molecule has 1 amide bonds. The molecule has 5 rings (SSSR count). The molecule has 168 valence electrons. The van der Waals surface area contributed by atoms with E-state index in [9.17, 15) is 4.79 Å². The van der Waals surface area contributed by atoms with Crippen molar-refractivity contribution in [3.05, 3.63) is 78.6 Å². The van der Waals surface area contributed by atoms with Crippen molar-refractivity contribution in [2.75, 3.05) is 30.5 Å². The lowest BCUT2D eigenvalue weighted by atomic mass is 10.2. The number of methoxy groups -OCH3 is 1. The van der Waals surface area contributed by atoms with Gasteiger partial charge in [-0.15, -0.1) is 0 Å². The molecule has 1 N–H and O–H groups in total. The van der Waals surface area contributed by atoms with Crippen molar-refractivity contribution >= 4 is 28.3 Å². The maximum atomic E-state index is 12.5. The van der Waals surface area contributed by atoms with E-state index < -0.39 is 0 Å². The second kappa shape index (κ2) is 9.24. The van der Waals surface area contributed by atoms with Gasteiger partial charge < -0.3 is 24.3 Å². The van der Waals surface area contributed by atoms with Crippen LogP contribution in [0, 0.1) is 0 Å². The molecule has 0 saturated carbocycles. The Morgan fingerprint density at radius 1 is 1.03 bits per heavy atom. The van der Waals surface area contributed by atoms with E-state index in [2.05, 4.69) is 33.0 Å². The average molecular weight is 443 g/mol. The molecule has 0 radical (unpaired) electrons. The molecule has 0 saturated heterocycles. The molecular formula is C26H26N4O3. The summed E-state index contributed by atoms with van der Waals surface area (Å²) < 4.78 is 13.4. The molecule has 7 heteroatoms. The van der Waals surface area contributed by atoms with Gasteiger partial charge in [0, 0.05) is 18.8 Å². The highest BCUT2D eigenvalue weighted by Crippen LogP contribution is 2.32. The van der Waals surface area contributed by atoms with Crippen LogP contribution in [0.5, 0.6) is 11.5 Å². The van der Waals surface area contributed by atoms with Crippen LogP contribution in [0.25, 0.3) is 11.0 Å². The van der Waals surface area contributed by atoms with Crippen LogP contribution >= 0.6 is 0 Å². The van der Waals surface area contributed by atoms with Crippen LogP contribution in [0.15, 0.2) is 72.8 Å². The third kappa shape index (κ3) is 4.48. The van der Waals surface area contributed by atoms with Crippen molar-refractivity contribution in [2.45, 2.75) is 19.5 Å². The summed E-state index contributed by atoms with van der Waals surface area (Å²) in [7, 11) is 1.60. The molecule has 3 aromatic carbocycles. The number of nitrogens with one attached hydrogen (secondary N) is 1. The SMILES string of the molecule is COc1ccc(N2CCCn3c(nc4ccccc43)C2)cc1NC(=O)COc1ccccc1. The fourth-order valence-corrected chi connectivity index (χ4v) is 4.23. The van der Waals surface area contributed by atoms with Gasteiger partial charge in [-0.2, -0.15) is 0 Å². The van der Waals surface area contributed by atoms with Gasteiger partial charge in [0.15, 0.2) is 6.61 Å². The number of amides is 1. The molecule has 2 heterocycles. The minimum absolute atomic E-state index is 0.0782. The van der Waals surface area contributed by atoms with Crippen LogP contribution in [-0.4, -0.2) is 35.7 Å². The molecule has 0 fully saturated rings. The lowest BCUT2D eigenvalue weighted by Gasteiger charge is -2.23.